The number of nitrogens with zero attached hydrogens (tertiary/aromatic N) is 5. The number of nitro groups is 1. The first-order valence-corrected chi connectivity index (χ1v) is 4.92. The fourth-order valence-electron chi connectivity index (χ4n) is 1.11. The van der Waals surface area contributed by atoms with Crippen molar-refractivity contribution < 1.29 is 4.92 Å². The summed E-state index contributed by atoms with van der Waals surface area (Å²) in [5.74, 6) is 5.24. The normalized spacial score (nSPS) is 10.3. The predicted octanol–water partition coefficient (Wildman–Crippen LogP) is -0.0233. The molecule has 0 aromatic carbocycles. The van der Waals surface area contributed by atoms with Crippen LogP contribution in [0.4, 0.5) is 10.7 Å². The standard InChI is InChI=1S/C6H7N7O2S/c7-9-6-5(10-11-16-6)3-12-2-4(1-8-12)13(14)15/h1-2,9H,3,7H2. The lowest BCUT2D eigenvalue weighted by Crippen LogP contribution is -2.09. The van der Waals surface area contributed by atoms with E-state index in [1.807, 2.05) is 0 Å². The highest BCUT2D eigenvalue weighted by Gasteiger charge is 2.12. The number of hydrazine groups is 1. The molecule has 16 heavy (non-hydrogen) atoms. The first kappa shape index (κ1) is 10.4. The molecule has 10 heteroatoms. The highest BCUT2D eigenvalue weighted by atomic mass is 32.1. The van der Waals surface area contributed by atoms with Gasteiger partial charge in [-0.05, 0) is 0 Å². The Balaban J connectivity index is 2.17. The van der Waals surface area contributed by atoms with Crippen LogP contribution >= 0.6 is 11.5 Å². The Kier molecular flexibility index (Phi) is 2.74. The number of aromatic nitrogens is 4. The fraction of sp³-hybridized carbons (Fsp3) is 0.167. The zero-order chi connectivity index (χ0) is 11.5. The molecule has 0 aliphatic heterocycles. The number of nitrogen functional groups attached to an aromatic ring is 1. The molecule has 0 bridgehead atoms. The summed E-state index contributed by atoms with van der Waals surface area (Å²) in [5.41, 5.74) is 2.97. The van der Waals surface area contributed by atoms with Gasteiger partial charge in [-0.3, -0.25) is 14.8 Å². The van der Waals surface area contributed by atoms with Crippen molar-refractivity contribution in [3.05, 3.63) is 28.2 Å². The Hall–Kier alpha value is -2.07. The van der Waals surface area contributed by atoms with E-state index in [4.69, 9.17) is 5.84 Å². The molecule has 2 aromatic rings. The first-order chi connectivity index (χ1) is 7.70. The van der Waals surface area contributed by atoms with E-state index < -0.39 is 4.92 Å². The van der Waals surface area contributed by atoms with Crippen molar-refractivity contribution in [2.24, 2.45) is 5.84 Å². The van der Waals surface area contributed by atoms with Crippen LogP contribution in [0.15, 0.2) is 12.4 Å². The van der Waals surface area contributed by atoms with Crippen LogP contribution in [0.5, 0.6) is 0 Å². The van der Waals surface area contributed by atoms with E-state index in [0.29, 0.717) is 10.7 Å². The van der Waals surface area contributed by atoms with Gasteiger partial charge < -0.3 is 5.43 Å². The van der Waals surface area contributed by atoms with E-state index >= 15 is 0 Å². The van der Waals surface area contributed by atoms with Crippen molar-refractivity contribution in [2.75, 3.05) is 5.43 Å². The van der Waals surface area contributed by atoms with E-state index in [1.54, 1.807) is 0 Å². The quantitative estimate of drug-likeness (QED) is 0.437. The number of rotatable bonds is 4. The van der Waals surface area contributed by atoms with E-state index in [2.05, 4.69) is 20.1 Å². The van der Waals surface area contributed by atoms with E-state index in [1.165, 1.54) is 17.1 Å². The van der Waals surface area contributed by atoms with Gasteiger partial charge in [0.05, 0.1) is 11.5 Å². The third kappa shape index (κ3) is 1.97. The molecule has 2 heterocycles. The summed E-state index contributed by atoms with van der Waals surface area (Å²) in [6, 6.07) is 0. The second-order valence-electron chi connectivity index (χ2n) is 2.85. The molecule has 2 rings (SSSR count). The second kappa shape index (κ2) is 4.20. The number of nitrogens with two attached hydrogens (primary N) is 1. The third-order valence-corrected chi connectivity index (χ3v) is 2.53. The Bertz CT molecular complexity index is 506. The van der Waals surface area contributed by atoms with Crippen LogP contribution < -0.4 is 11.3 Å². The first-order valence-electron chi connectivity index (χ1n) is 4.15. The summed E-state index contributed by atoms with van der Waals surface area (Å²) in [4.78, 5) is 9.92. The molecule has 0 aliphatic carbocycles. The highest BCUT2D eigenvalue weighted by molar-refractivity contribution is 7.10. The average molecular weight is 241 g/mol. The van der Waals surface area contributed by atoms with E-state index in [0.717, 1.165) is 11.5 Å². The van der Waals surface area contributed by atoms with Gasteiger partial charge in [0.25, 0.3) is 0 Å². The van der Waals surface area contributed by atoms with Crippen LogP contribution in [0.3, 0.4) is 0 Å². The van der Waals surface area contributed by atoms with Crippen LogP contribution in [0.25, 0.3) is 0 Å². The molecule has 0 saturated heterocycles. The van der Waals surface area contributed by atoms with Gasteiger partial charge in [-0.15, -0.1) is 5.10 Å². The van der Waals surface area contributed by atoms with Crippen LogP contribution in [0.2, 0.25) is 0 Å². The Morgan fingerprint density at radius 2 is 2.50 bits per heavy atom. The fourth-order valence-corrected chi connectivity index (χ4v) is 1.59. The molecule has 2 aromatic heterocycles. The topological polar surface area (TPSA) is 125 Å². The third-order valence-electron chi connectivity index (χ3n) is 1.83. The number of hydrogen-bond donors (Lipinski definition) is 2. The minimum Gasteiger partial charge on any atom is -0.313 e. The van der Waals surface area contributed by atoms with Crippen molar-refractivity contribution >= 4 is 22.2 Å². The monoisotopic (exact) mass is 241 g/mol. The summed E-state index contributed by atoms with van der Waals surface area (Å²) < 4.78 is 5.10. The predicted molar refractivity (Wildman–Crippen MR) is 55.7 cm³/mol. The molecule has 0 saturated carbocycles. The van der Waals surface area contributed by atoms with Crippen LogP contribution in [-0.2, 0) is 6.54 Å². The molecular formula is C6H7N7O2S. The molecule has 0 atom stereocenters. The molecule has 0 radical (unpaired) electrons. The maximum Gasteiger partial charge on any atom is 0.307 e. The van der Waals surface area contributed by atoms with Gasteiger partial charge in [0.1, 0.15) is 23.1 Å². The van der Waals surface area contributed by atoms with Gasteiger partial charge >= 0.3 is 5.69 Å². The molecule has 0 spiro atoms. The minimum absolute atomic E-state index is 0.0644. The maximum atomic E-state index is 10.4. The van der Waals surface area contributed by atoms with Crippen LogP contribution in [0.1, 0.15) is 5.69 Å². The Labute approximate surface area is 93.2 Å². The summed E-state index contributed by atoms with van der Waals surface area (Å²) in [6.45, 7) is 0.282. The molecule has 0 amide bonds. The molecule has 0 fully saturated rings. The summed E-state index contributed by atoms with van der Waals surface area (Å²) in [5, 5.41) is 18.7. The molecule has 3 N–H and O–H groups in total. The maximum absolute atomic E-state index is 10.4. The Morgan fingerprint density at radius 3 is 3.12 bits per heavy atom. The second-order valence-corrected chi connectivity index (χ2v) is 3.60. The largest absolute Gasteiger partial charge is 0.313 e. The Morgan fingerprint density at radius 1 is 1.69 bits per heavy atom. The zero-order valence-electron chi connectivity index (χ0n) is 7.90. The summed E-state index contributed by atoms with van der Waals surface area (Å²) in [7, 11) is 0. The van der Waals surface area contributed by atoms with Crippen LogP contribution in [0, 0.1) is 10.1 Å². The number of nitrogens with one attached hydrogen (secondary N) is 1. The van der Waals surface area contributed by atoms with Gasteiger partial charge in [0.2, 0.25) is 0 Å². The number of anilines is 1. The number of hydrogen-bond acceptors (Lipinski definition) is 8. The van der Waals surface area contributed by atoms with Crippen molar-refractivity contribution in [3.8, 4) is 0 Å². The van der Waals surface area contributed by atoms with Gasteiger partial charge in [0, 0.05) is 11.5 Å². The smallest absolute Gasteiger partial charge is 0.307 e. The highest BCUT2D eigenvalue weighted by Crippen LogP contribution is 2.17. The lowest BCUT2D eigenvalue weighted by molar-refractivity contribution is -0.385. The van der Waals surface area contributed by atoms with Crippen molar-refractivity contribution in [1.82, 2.24) is 19.4 Å². The molecule has 84 valence electrons. The van der Waals surface area contributed by atoms with Crippen molar-refractivity contribution in [2.45, 2.75) is 6.54 Å². The van der Waals surface area contributed by atoms with Gasteiger partial charge in [0.15, 0.2) is 0 Å². The van der Waals surface area contributed by atoms with E-state index in [-0.39, 0.29) is 12.2 Å². The zero-order valence-corrected chi connectivity index (χ0v) is 8.72. The van der Waals surface area contributed by atoms with Crippen LogP contribution in [-0.4, -0.2) is 24.3 Å². The lowest BCUT2D eigenvalue weighted by Gasteiger charge is -1.99. The molecule has 0 aliphatic rings. The average Bonchev–Trinajstić information content (AvgIpc) is 2.87. The molecule has 0 unspecified atom stereocenters. The van der Waals surface area contributed by atoms with Gasteiger partial charge in [-0.25, -0.2) is 5.84 Å². The van der Waals surface area contributed by atoms with Gasteiger partial charge in [-0.2, -0.15) is 5.10 Å². The lowest BCUT2D eigenvalue weighted by atomic mass is 10.4. The van der Waals surface area contributed by atoms with Gasteiger partial charge in [-0.1, -0.05) is 4.49 Å². The summed E-state index contributed by atoms with van der Waals surface area (Å²) >= 11 is 1.11. The SMILES string of the molecule is NNc1snnc1Cn1cc([N+](=O)[O-])cn1. The molecular weight excluding hydrogens is 234 g/mol. The minimum atomic E-state index is -0.509. The summed E-state index contributed by atoms with van der Waals surface area (Å²) in [6.07, 6.45) is 2.50. The molecule has 9 nitrogen and oxygen atoms in total. The van der Waals surface area contributed by atoms with E-state index in [9.17, 15) is 10.1 Å². The van der Waals surface area contributed by atoms with Crippen molar-refractivity contribution in [3.63, 3.8) is 0 Å². The van der Waals surface area contributed by atoms with Crippen molar-refractivity contribution in [1.29, 1.82) is 0 Å².